The molecular weight excluding hydrogens is 367 g/mol. The Morgan fingerprint density at radius 3 is 2.59 bits per heavy atom. The van der Waals surface area contributed by atoms with Crippen molar-refractivity contribution >= 4 is 45.6 Å². The molecule has 8 heteroatoms. The lowest BCUT2D eigenvalue weighted by Gasteiger charge is -2.29. The van der Waals surface area contributed by atoms with Gasteiger partial charge in [0.2, 0.25) is 10.0 Å². The van der Waals surface area contributed by atoms with Crippen LogP contribution >= 0.6 is 35.6 Å². The van der Waals surface area contributed by atoms with E-state index >= 15 is 0 Å². The molecule has 2 fully saturated rings. The van der Waals surface area contributed by atoms with E-state index in [0.29, 0.717) is 19.0 Å². The Labute approximate surface area is 147 Å². The third-order valence-corrected chi connectivity index (χ3v) is 7.46. The summed E-state index contributed by atoms with van der Waals surface area (Å²) in [5, 5.41) is 0.351. The maximum absolute atomic E-state index is 12.8. The summed E-state index contributed by atoms with van der Waals surface area (Å²) >= 11 is 12.0. The van der Waals surface area contributed by atoms with Crippen LogP contribution in [0.15, 0.2) is 23.1 Å². The SMILES string of the molecule is Cl.NC1CCCC2CN(S(=O)(=O)c3cccc(Cl)c3Cl)CC12. The molecule has 3 rings (SSSR count). The first kappa shape index (κ1) is 18.3. The fourth-order valence-corrected chi connectivity index (χ4v) is 5.76. The van der Waals surface area contributed by atoms with Crippen LogP contribution in [-0.2, 0) is 10.0 Å². The van der Waals surface area contributed by atoms with Crippen LogP contribution in [0.5, 0.6) is 0 Å². The van der Waals surface area contributed by atoms with Gasteiger partial charge in [-0.3, -0.25) is 0 Å². The van der Waals surface area contributed by atoms with Crippen LogP contribution in [-0.4, -0.2) is 31.9 Å². The van der Waals surface area contributed by atoms with Gasteiger partial charge in [0, 0.05) is 19.1 Å². The van der Waals surface area contributed by atoms with E-state index in [-0.39, 0.29) is 39.3 Å². The lowest BCUT2D eigenvalue weighted by Crippen LogP contribution is -2.38. The van der Waals surface area contributed by atoms with Crippen LogP contribution in [0.3, 0.4) is 0 Å². The Bertz CT molecular complexity index is 653. The highest BCUT2D eigenvalue weighted by Gasteiger charge is 2.43. The topological polar surface area (TPSA) is 63.4 Å². The molecule has 1 aromatic carbocycles. The van der Waals surface area contributed by atoms with Gasteiger partial charge in [0.1, 0.15) is 4.90 Å². The number of halogens is 3. The summed E-state index contributed by atoms with van der Waals surface area (Å²) < 4.78 is 27.1. The zero-order valence-corrected chi connectivity index (χ0v) is 15.1. The van der Waals surface area contributed by atoms with E-state index < -0.39 is 10.0 Å². The molecule has 1 aliphatic carbocycles. The Morgan fingerprint density at radius 2 is 1.91 bits per heavy atom. The van der Waals surface area contributed by atoms with Gasteiger partial charge in [0.25, 0.3) is 0 Å². The summed E-state index contributed by atoms with van der Waals surface area (Å²) in [5.74, 6) is 0.618. The minimum absolute atomic E-state index is 0. The number of hydrogen-bond donors (Lipinski definition) is 1. The zero-order chi connectivity index (χ0) is 15.2. The van der Waals surface area contributed by atoms with Crippen LogP contribution in [0.2, 0.25) is 10.0 Å². The number of fused-ring (bicyclic) bond motifs is 1. The normalized spacial score (nSPS) is 29.0. The van der Waals surface area contributed by atoms with Gasteiger partial charge in [0.15, 0.2) is 0 Å². The van der Waals surface area contributed by atoms with Crippen molar-refractivity contribution in [3.63, 3.8) is 0 Å². The van der Waals surface area contributed by atoms with Crippen LogP contribution in [0.1, 0.15) is 19.3 Å². The van der Waals surface area contributed by atoms with Crippen molar-refractivity contribution in [2.24, 2.45) is 17.6 Å². The highest BCUT2D eigenvalue weighted by atomic mass is 35.5. The van der Waals surface area contributed by atoms with E-state index in [1.165, 1.54) is 10.4 Å². The maximum atomic E-state index is 12.8. The zero-order valence-electron chi connectivity index (χ0n) is 11.9. The van der Waals surface area contributed by atoms with Crippen molar-refractivity contribution in [1.29, 1.82) is 0 Å². The third-order valence-electron chi connectivity index (χ3n) is 4.65. The van der Waals surface area contributed by atoms with Crippen LogP contribution < -0.4 is 5.73 Å². The molecule has 0 bridgehead atoms. The second-order valence-corrected chi connectivity index (χ2v) is 8.58. The number of nitrogens with two attached hydrogens (primary N) is 1. The summed E-state index contributed by atoms with van der Waals surface area (Å²) in [5.41, 5.74) is 6.15. The average Bonchev–Trinajstić information content (AvgIpc) is 2.88. The number of benzene rings is 1. The molecule has 1 aromatic rings. The first-order valence-electron chi connectivity index (χ1n) is 7.11. The van der Waals surface area contributed by atoms with Crippen molar-refractivity contribution in [2.45, 2.75) is 30.2 Å². The highest BCUT2D eigenvalue weighted by Crippen LogP contribution is 2.39. The molecule has 0 aromatic heterocycles. The fourth-order valence-electron chi connectivity index (χ4n) is 3.49. The van der Waals surface area contributed by atoms with Gasteiger partial charge in [0.05, 0.1) is 10.0 Å². The first-order chi connectivity index (χ1) is 9.91. The summed E-state index contributed by atoms with van der Waals surface area (Å²) in [4.78, 5) is 0.0869. The van der Waals surface area contributed by atoms with Gasteiger partial charge in [-0.05, 0) is 36.8 Å². The van der Waals surface area contributed by atoms with E-state index in [1.807, 2.05) is 0 Å². The molecule has 0 spiro atoms. The van der Waals surface area contributed by atoms with Crippen molar-refractivity contribution in [3.05, 3.63) is 28.2 Å². The molecule has 2 N–H and O–H groups in total. The minimum atomic E-state index is -3.61. The number of sulfonamides is 1. The quantitative estimate of drug-likeness (QED) is 0.850. The lowest BCUT2D eigenvalue weighted by atomic mass is 9.78. The van der Waals surface area contributed by atoms with Gasteiger partial charge >= 0.3 is 0 Å². The first-order valence-corrected chi connectivity index (χ1v) is 9.30. The molecule has 1 aliphatic heterocycles. The van der Waals surface area contributed by atoms with Crippen LogP contribution in [0, 0.1) is 11.8 Å². The molecule has 4 nitrogen and oxygen atoms in total. The Morgan fingerprint density at radius 1 is 1.18 bits per heavy atom. The summed E-state index contributed by atoms with van der Waals surface area (Å²) in [6, 6.07) is 4.79. The fraction of sp³-hybridized carbons (Fsp3) is 0.571. The van der Waals surface area contributed by atoms with Crippen molar-refractivity contribution in [1.82, 2.24) is 4.31 Å². The van der Waals surface area contributed by atoms with Gasteiger partial charge in [-0.2, -0.15) is 4.31 Å². The van der Waals surface area contributed by atoms with Crippen LogP contribution in [0.25, 0.3) is 0 Å². The van der Waals surface area contributed by atoms with Gasteiger partial charge in [-0.1, -0.05) is 35.7 Å². The van der Waals surface area contributed by atoms with Gasteiger partial charge < -0.3 is 5.73 Å². The lowest BCUT2D eigenvalue weighted by molar-refractivity contribution is 0.260. The molecular formula is C14H19Cl3N2O2S. The van der Waals surface area contributed by atoms with E-state index in [1.54, 1.807) is 12.1 Å². The molecule has 3 unspecified atom stereocenters. The maximum Gasteiger partial charge on any atom is 0.244 e. The van der Waals surface area contributed by atoms with Crippen molar-refractivity contribution in [2.75, 3.05) is 13.1 Å². The van der Waals surface area contributed by atoms with Crippen molar-refractivity contribution in [3.8, 4) is 0 Å². The Kier molecular flexibility index (Phi) is 5.68. The molecule has 1 saturated carbocycles. The van der Waals surface area contributed by atoms with E-state index in [0.717, 1.165) is 19.3 Å². The van der Waals surface area contributed by atoms with Crippen molar-refractivity contribution < 1.29 is 8.42 Å². The number of rotatable bonds is 2. The monoisotopic (exact) mass is 384 g/mol. The van der Waals surface area contributed by atoms with Gasteiger partial charge in [-0.25, -0.2) is 8.42 Å². The smallest absolute Gasteiger partial charge is 0.244 e. The summed E-state index contributed by atoms with van der Waals surface area (Å²) in [6.45, 7) is 1.01. The predicted molar refractivity (Wildman–Crippen MR) is 91.3 cm³/mol. The van der Waals surface area contributed by atoms with E-state index in [2.05, 4.69) is 0 Å². The molecule has 22 heavy (non-hydrogen) atoms. The molecule has 1 heterocycles. The highest BCUT2D eigenvalue weighted by molar-refractivity contribution is 7.89. The van der Waals surface area contributed by atoms with E-state index in [9.17, 15) is 8.42 Å². The number of nitrogens with zero attached hydrogens (tertiary/aromatic N) is 1. The molecule has 0 radical (unpaired) electrons. The molecule has 3 atom stereocenters. The third kappa shape index (κ3) is 3.12. The Hall–Kier alpha value is -0.0400. The summed E-state index contributed by atoms with van der Waals surface area (Å²) in [6.07, 6.45) is 3.11. The van der Waals surface area contributed by atoms with Gasteiger partial charge in [-0.15, -0.1) is 12.4 Å². The largest absolute Gasteiger partial charge is 0.327 e. The molecule has 0 amide bonds. The minimum Gasteiger partial charge on any atom is -0.327 e. The second kappa shape index (κ2) is 6.83. The molecule has 1 saturated heterocycles. The standard InChI is InChI=1S/C14H18Cl2N2O2S.ClH/c15-11-4-2-6-13(14(11)16)21(19,20)18-7-9-3-1-5-12(17)10(9)8-18;/h2,4,6,9-10,12H,1,3,5,7-8,17H2;1H. The van der Waals surface area contributed by atoms with Crippen LogP contribution in [0.4, 0.5) is 0 Å². The van der Waals surface area contributed by atoms with E-state index in [4.69, 9.17) is 28.9 Å². The molecule has 124 valence electrons. The Balaban J connectivity index is 0.00000176. The average molecular weight is 386 g/mol. The molecule has 2 aliphatic rings. The second-order valence-electron chi connectivity index (χ2n) is 5.89. The predicted octanol–water partition coefficient (Wildman–Crippen LogP) is 3.16. The summed E-state index contributed by atoms with van der Waals surface area (Å²) in [7, 11) is -3.61. The number of hydrogen-bond acceptors (Lipinski definition) is 3.